The molecule has 0 saturated carbocycles. The highest BCUT2D eigenvalue weighted by molar-refractivity contribution is 5.98. The number of likely N-dealkylation sites (tertiary alicyclic amines) is 1. The summed E-state index contributed by atoms with van der Waals surface area (Å²) in [6.07, 6.45) is 2.66. The quantitative estimate of drug-likeness (QED) is 0.476. The Morgan fingerprint density at radius 3 is 2.58 bits per heavy atom. The van der Waals surface area contributed by atoms with E-state index in [-0.39, 0.29) is 31.7 Å². The zero-order chi connectivity index (χ0) is 22.8. The Bertz CT molecular complexity index is 981. The number of nitrogens with zero attached hydrogens (tertiary/aromatic N) is 3. The van der Waals surface area contributed by atoms with Crippen molar-refractivity contribution in [1.82, 2.24) is 14.9 Å². The molecular weight excluding hydrogens is 409 g/mol. The van der Waals surface area contributed by atoms with Crippen LogP contribution in [0.3, 0.4) is 0 Å². The van der Waals surface area contributed by atoms with Crippen molar-refractivity contribution in [1.29, 1.82) is 0 Å². The predicted octanol–water partition coefficient (Wildman–Crippen LogP) is 2.70. The molecule has 2 heterocycles. The number of hydrogen-bond acceptors (Lipinski definition) is 6. The predicted molar refractivity (Wildman–Crippen MR) is 115 cm³/mol. The number of aromatic nitrogens is 1. The lowest BCUT2D eigenvalue weighted by molar-refractivity contribution is -0.131. The van der Waals surface area contributed by atoms with E-state index >= 15 is 4.39 Å². The highest BCUT2D eigenvalue weighted by atomic mass is 19.3. The van der Waals surface area contributed by atoms with Crippen LogP contribution in [0.15, 0.2) is 36.7 Å². The van der Waals surface area contributed by atoms with Gasteiger partial charge in [0, 0.05) is 63.2 Å². The summed E-state index contributed by atoms with van der Waals surface area (Å²) in [5.41, 5.74) is 4.89. The number of pyridine rings is 1. The maximum absolute atomic E-state index is 15.2. The Kier molecular flexibility index (Phi) is 6.42. The fourth-order valence-electron chi connectivity index (χ4n) is 3.70. The van der Waals surface area contributed by atoms with Crippen molar-refractivity contribution in [3.63, 3.8) is 0 Å². The molecule has 5 N–H and O–H groups in total. The Labute approximate surface area is 178 Å². The third-order valence-corrected chi connectivity index (χ3v) is 5.35. The summed E-state index contributed by atoms with van der Waals surface area (Å²) in [5, 5.41) is 5.50. The monoisotopic (exact) mass is 436 g/mol. The van der Waals surface area contributed by atoms with Gasteiger partial charge < -0.3 is 16.1 Å². The van der Waals surface area contributed by atoms with Gasteiger partial charge in [0.05, 0.1) is 12.2 Å². The van der Waals surface area contributed by atoms with E-state index in [4.69, 9.17) is 11.6 Å². The van der Waals surface area contributed by atoms with Crippen LogP contribution >= 0.6 is 0 Å². The van der Waals surface area contributed by atoms with Crippen LogP contribution in [-0.2, 0) is 4.79 Å². The average molecular weight is 436 g/mol. The standard InChI is InChI=1S/C21H27F3N6O/c1-20(22,23)13-30-7-5-21(24,6-8-30)19(31)28-18-10-16-9-14(17(11-25)29(2)26)3-4-15(16)12-27-18/h3-4,9-12H,5-8,13,25-26H2,1-2H3,(H,27,28,31)/b17-11-. The molecule has 168 valence electrons. The second kappa shape index (κ2) is 8.72. The largest absolute Gasteiger partial charge is 0.403 e. The minimum absolute atomic E-state index is 0.0860. The van der Waals surface area contributed by atoms with Crippen molar-refractivity contribution >= 4 is 28.2 Å². The Balaban J connectivity index is 1.73. The molecule has 1 aliphatic heterocycles. The van der Waals surface area contributed by atoms with Crippen molar-refractivity contribution in [2.24, 2.45) is 11.6 Å². The molecule has 0 unspecified atom stereocenters. The molecule has 31 heavy (non-hydrogen) atoms. The Hall–Kier alpha value is -2.85. The van der Waals surface area contributed by atoms with Gasteiger partial charge >= 0.3 is 0 Å². The number of rotatable bonds is 6. The number of alkyl halides is 3. The van der Waals surface area contributed by atoms with Crippen LogP contribution in [0.4, 0.5) is 19.0 Å². The van der Waals surface area contributed by atoms with Gasteiger partial charge in [0.15, 0.2) is 5.67 Å². The smallest absolute Gasteiger partial charge is 0.263 e. The molecule has 1 saturated heterocycles. The molecule has 1 fully saturated rings. The molecule has 1 amide bonds. The molecule has 0 bridgehead atoms. The van der Waals surface area contributed by atoms with Gasteiger partial charge in [0.25, 0.3) is 11.8 Å². The highest BCUT2D eigenvalue weighted by Gasteiger charge is 2.43. The van der Waals surface area contributed by atoms with Crippen molar-refractivity contribution in [2.75, 3.05) is 32.0 Å². The second-order valence-electron chi connectivity index (χ2n) is 8.06. The number of nitrogens with one attached hydrogen (secondary N) is 1. The molecule has 0 atom stereocenters. The molecule has 7 nitrogen and oxygen atoms in total. The van der Waals surface area contributed by atoms with Crippen LogP contribution in [0, 0.1) is 0 Å². The molecular formula is C21H27F3N6O. The van der Waals surface area contributed by atoms with Gasteiger partial charge in [0.1, 0.15) is 5.82 Å². The SMILES string of the molecule is CN(N)/C(=C\N)c1ccc2cnc(NC(=O)C3(F)CCN(CC(C)(F)F)CC3)cc2c1. The van der Waals surface area contributed by atoms with Crippen LogP contribution in [0.25, 0.3) is 16.5 Å². The summed E-state index contributed by atoms with van der Waals surface area (Å²) in [4.78, 5) is 18.2. The van der Waals surface area contributed by atoms with Gasteiger partial charge in [-0.25, -0.2) is 24.0 Å². The number of carbonyl (C=O) groups excluding carboxylic acids is 1. The van der Waals surface area contributed by atoms with Crippen molar-refractivity contribution in [2.45, 2.75) is 31.4 Å². The van der Waals surface area contributed by atoms with Crippen molar-refractivity contribution in [3.8, 4) is 0 Å². The maximum Gasteiger partial charge on any atom is 0.263 e. The number of benzene rings is 1. The van der Waals surface area contributed by atoms with E-state index in [1.807, 2.05) is 18.2 Å². The van der Waals surface area contributed by atoms with Gasteiger partial charge in [-0.1, -0.05) is 12.1 Å². The lowest BCUT2D eigenvalue weighted by Gasteiger charge is -2.36. The van der Waals surface area contributed by atoms with Gasteiger partial charge in [-0.2, -0.15) is 0 Å². The van der Waals surface area contributed by atoms with Gasteiger partial charge in [0.2, 0.25) is 0 Å². The fourth-order valence-corrected chi connectivity index (χ4v) is 3.70. The zero-order valence-corrected chi connectivity index (χ0v) is 17.5. The zero-order valence-electron chi connectivity index (χ0n) is 17.5. The van der Waals surface area contributed by atoms with Crippen LogP contribution in [0.1, 0.15) is 25.3 Å². The third kappa shape index (κ3) is 5.45. The first kappa shape index (κ1) is 22.8. The summed E-state index contributed by atoms with van der Waals surface area (Å²) in [5.74, 6) is 2.32. The van der Waals surface area contributed by atoms with E-state index in [1.54, 1.807) is 19.3 Å². The number of piperidine rings is 1. The normalized spacial score (nSPS) is 17.5. The maximum atomic E-state index is 15.2. The first-order valence-corrected chi connectivity index (χ1v) is 9.92. The molecule has 0 spiro atoms. The van der Waals surface area contributed by atoms with Crippen molar-refractivity contribution in [3.05, 3.63) is 42.2 Å². The molecule has 10 heteroatoms. The van der Waals surface area contributed by atoms with E-state index in [9.17, 15) is 13.6 Å². The minimum Gasteiger partial charge on any atom is -0.403 e. The van der Waals surface area contributed by atoms with Crippen LogP contribution < -0.4 is 16.9 Å². The van der Waals surface area contributed by atoms with Gasteiger partial charge in [-0.3, -0.25) is 9.69 Å². The number of amides is 1. The summed E-state index contributed by atoms with van der Waals surface area (Å²) < 4.78 is 41.5. The number of halogens is 3. The molecule has 1 aliphatic rings. The highest BCUT2D eigenvalue weighted by Crippen LogP contribution is 2.30. The van der Waals surface area contributed by atoms with Gasteiger partial charge in [-0.15, -0.1) is 0 Å². The van der Waals surface area contributed by atoms with E-state index < -0.39 is 24.0 Å². The number of fused-ring (bicyclic) bond motifs is 1. The van der Waals surface area contributed by atoms with E-state index in [0.29, 0.717) is 5.70 Å². The lowest BCUT2D eigenvalue weighted by Crippen LogP contribution is -2.50. The van der Waals surface area contributed by atoms with E-state index in [1.165, 1.54) is 16.1 Å². The average Bonchev–Trinajstić information content (AvgIpc) is 2.69. The summed E-state index contributed by atoms with van der Waals surface area (Å²) in [6, 6.07) is 7.15. The van der Waals surface area contributed by atoms with E-state index in [2.05, 4.69) is 10.3 Å². The number of hydrazine groups is 1. The molecule has 0 aliphatic carbocycles. The minimum atomic E-state index is -2.86. The summed E-state index contributed by atoms with van der Waals surface area (Å²) in [6.45, 7) is 0.549. The number of carbonyl (C=O) groups is 1. The number of nitrogens with two attached hydrogens (primary N) is 2. The van der Waals surface area contributed by atoms with Gasteiger partial charge in [-0.05, 0) is 17.5 Å². The van der Waals surface area contributed by atoms with Crippen molar-refractivity contribution < 1.29 is 18.0 Å². The first-order valence-electron chi connectivity index (χ1n) is 9.92. The molecule has 0 radical (unpaired) electrons. The second-order valence-corrected chi connectivity index (χ2v) is 8.06. The molecule has 2 aromatic rings. The Morgan fingerprint density at radius 2 is 2.00 bits per heavy atom. The third-order valence-electron chi connectivity index (χ3n) is 5.35. The summed E-state index contributed by atoms with van der Waals surface area (Å²) >= 11 is 0. The number of hydrogen-bond donors (Lipinski definition) is 3. The Morgan fingerprint density at radius 1 is 1.32 bits per heavy atom. The lowest BCUT2D eigenvalue weighted by atomic mass is 9.92. The van der Waals surface area contributed by atoms with Crippen LogP contribution in [0.5, 0.6) is 0 Å². The van der Waals surface area contributed by atoms with Crippen LogP contribution in [-0.4, -0.2) is 59.1 Å². The molecule has 1 aromatic heterocycles. The van der Waals surface area contributed by atoms with E-state index in [0.717, 1.165) is 23.3 Å². The molecule has 1 aromatic carbocycles. The first-order chi connectivity index (χ1) is 14.5. The van der Waals surface area contributed by atoms with Crippen LogP contribution in [0.2, 0.25) is 0 Å². The number of anilines is 1. The molecule has 3 rings (SSSR count). The fraction of sp³-hybridized carbons (Fsp3) is 0.429. The summed E-state index contributed by atoms with van der Waals surface area (Å²) in [7, 11) is 1.66. The topological polar surface area (TPSA) is 101 Å².